The summed E-state index contributed by atoms with van der Waals surface area (Å²) in [6.07, 6.45) is 0.539. The molecule has 0 aromatic heterocycles. The molecular formula is C22H28ClN3O. The summed E-state index contributed by atoms with van der Waals surface area (Å²) in [6.45, 7) is 9.16. The molecule has 1 aliphatic rings. The SMILES string of the molecule is Cc1cccc(N2CCN(C(=O)CCNCc3ccc(Cl)cc3)CC2)c1C. The number of carbonyl (C=O) groups is 1. The number of amides is 1. The molecule has 3 rings (SSSR count). The number of hydrogen-bond acceptors (Lipinski definition) is 3. The third kappa shape index (κ3) is 5.24. The Labute approximate surface area is 167 Å². The molecule has 0 spiro atoms. The number of carbonyl (C=O) groups excluding carboxylic acids is 1. The van der Waals surface area contributed by atoms with Gasteiger partial charge >= 0.3 is 0 Å². The highest BCUT2D eigenvalue weighted by molar-refractivity contribution is 6.30. The Hall–Kier alpha value is -2.04. The van der Waals surface area contributed by atoms with E-state index in [2.05, 4.69) is 42.3 Å². The second-order valence-corrected chi connectivity index (χ2v) is 7.58. The van der Waals surface area contributed by atoms with E-state index in [1.54, 1.807) is 0 Å². The van der Waals surface area contributed by atoms with Gasteiger partial charge in [0.2, 0.25) is 5.91 Å². The number of benzene rings is 2. The summed E-state index contributed by atoms with van der Waals surface area (Å²) in [5, 5.41) is 4.08. The fourth-order valence-corrected chi connectivity index (χ4v) is 3.59. The lowest BCUT2D eigenvalue weighted by atomic mass is 10.1. The van der Waals surface area contributed by atoms with E-state index in [4.69, 9.17) is 11.6 Å². The summed E-state index contributed by atoms with van der Waals surface area (Å²) >= 11 is 5.89. The number of aryl methyl sites for hydroxylation is 1. The first kappa shape index (κ1) is 19.7. The Morgan fingerprint density at radius 2 is 1.74 bits per heavy atom. The summed E-state index contributed by atoms with van der Waals surface area (Å²) < 4.78 is 0. The Balaban J connectivity index is 1.40. The molecule has 1 aliphatic heterocycles. The molecule has 0 saturated carbocycles. The zero-order valence-corrected chi connectivity index (χ0v) is 16.9. The maximum atomic E-state index is 12.5. The Kier molecular flexibility index (Phi) is 6.75. The molecule has 2 aromatic carbocycles. The zero-order chi connectivity index (χ0) is 19.2. The van der Waals surface area contributed by atoms with Crippen molar-refractivity contribution in [3.63, 3.8) is 0 Å². The summed E-state index contributed by atoms with van der Waals surface area (Å²) in [5.41, 5.74) is 5.13. The van der Waals surface area contributed by atoms with Gasteiger partial charge in [-0.3, -0.25) is 4.79 Å². The predicted molar refractivity (Wildman–Crippen MR) is 112 cm³/mol. The van der Waals surface area contributed by atoms with E-state index in [9.17, 15) is 4.79 Å². The quantitative estimate of drug-likeness (QED) is 0.768. The first-order valence-electron chi connectivity index (χ1n) is 9.58. The topological polar surface area (TPSA) is 35.6 Å². The van der Waals surface area contributed by atoms with Gasteiger partial charge in [0.25, 0.3) is 0 Å². The van der Waals surface area contributed by atoms with Crippen molar-refractivity contribution >= 4 is 23.2 Å². The van der Waals surface area contributed by atoms with Crippen LogP contribution in [0.1, 0.15) is 23.1 Å². The first-order chi connectivity index (χ1) is 13.0. The van der Waals surface area contributed by atoms with Gasteiger partial charge in [0, 0.05) is 56.4 Å². The van der Waals surface area contributed by atoms with Crippen LogP contribution in [0.15, 0.2) is 42.5 Å². The second-order valence-electron chi connectivity index (χ2n) is 7.14. The lowest BCUT2D eigenvalue weighted by Crippen LogP contribution is -2.49. The minimum Gasteiger partial charge on any atom is -0.368 e. The van der Waals surface area contributed by atoms with E-state index in [1.807, 2.05) is 29.2 Å². The normalized spacial score (nSPS) is 14.5. The van der Waals surface area contributed by atoms with Gasteiger partial charge < -0.3 is 15.1 Å². The molecule has 1 N–H and O–H groups in total. The molecular weight excluding hydrogens is 358 g/mol. The minimum absolute atomic E-state index is 0.235. The van der Waals surface area contributed by atoms with Crippen LogP contribution in [0.4, 0.5) is 5.69 Å². The fourth-order valence-electron chi connectivity index (χ4n) is 3.46. The van der Waals surface area contributed by atoms with Crippen LogP contribution in [0.5, 0.6) is 0 Å². The standard InChI is InChI=1S/C22H28ClN3O/c1-17-4-3-5-21(18(17)2)25-12-14-26(15-13-25)22(27)10-11-24-16-19-6-8-20(23)9-7-19/h3-9,24H,10-16H2,1-2H3. The largest absolute Gasteiger partial charge is 0.368 e. The van der Waals surface area contributed by atoms with Crippen molar-refractivity contribution in [2.24, 2.45) is 0 Å². The van der Waals surface area contributed by atoms with Crippen molar-refractivity contribution in [3.8, 4) is 0 Å². The van der Waals surface area contributed by atoms with E-state index in [1.165, 1.54) is 22.4 Å². The third-order valence-corrected chi connectivity index (χ3v) is 5.56. The van der Waals surface area contributed by atoms with Crippen LogP contribution in [-0.2, 0) is 11.3 Å². The van der Waals surface area contributed by atoms with Gasteiger partial charge in [-0.2, -0.15) is 0 Å². The first-order valence-corrected chi connectivity index (χ1v) is 9.96. The number of nitrogens with zero attached hydrogens (tertiary/aromatic N) is 2. The molecule has 0 aliphatic carbocycles. The highest BCUT2D eigenvalue weighted by Gasteiger charge is 2.21. The van der Waals surface area contributed by atoms with E-state index < -0.39 is 0 Å². The van der Waals surface area contributed by atoms with Crippen LogP contribution < -0.4 is 10.2 Å². The summed E-state index contributed by atoms with van der Waals surface area (Å²) in [5.74, 6) is 0.235. The van der Waals surface area contributed by atoms with Gasteiger partial charge in [0.15, 0.2) is 0 Å². The molecule has 0 bridgehead atoms. The maximum absolute atomic E-state index is 12.5. The van der Waals surface area contributed by atoms with Crippen molar-refractivity contribution in [2.45, 2.75) is 26.8 Å². The molecule has 0 radical (unpaired) electrons. The van der Waals surface area contributed by atoms with Gasteiger partial charge in [0.1, 0.15) is 0 Å². The smallest absolute Gasteiger partial charge is 0.223 e. The van der Waals surface area contributed by atoms with Gasteiger partial charge in [-0.15, -0.1) is 0 Å². The zero-order valence-electron chi connectivity index (χ0n) is 16.2. The lowest BCUT2D eigenvalue weighted by Gasteiger charge is -2.37. The van der Waals surface area contributed by atoms with Gasteiger partial charge in [-0.05, 0) is 48.7 Å². The molecule has 1 heterocycles. The van der Waals surface area contributed by atoms with Gasteiger partial charge in [-0.25, -0.2) is 0 Å². The Morgan fingerprint density at radius 1 is 1.04 bits per heavy atom. The molecule has 0 atom stereocenters. The van der Waals surface area contributed by atoms with Crippen molar-refractivity contribution in [1.29, 1.82) is 0 Å². The predicted octanol–water partition coefficient (Wildman–Crippen LogP) is 3.79. The summed E-state index contributed by atoms with van der Waals surface area (Å²) in [6, 6.07) is 14.2. The van der Waals surface area contributed by atoms with Crippen molar-refractivity contribution in [3.05, 3.63) is 64.2 Å². The maximum Gasteiger partial charge on any atom is 0.223 e. The molecule has 1 amide bonds. The van der Waals surface area contributed by atoms with Crippen LogP contribution in [-0.4, -0.2) is 43.5 Å². The van der Waals surface area contributed by atoms with E-state index in [-0.39, 0.29) is 5.91 Å². The van der Waals surface area contributed by atoms with Crippen LogP contribution in [0.2, 0.25) is 5.02 Å². The summed E-state index contributed by atoms with van der Waals surface area (Å²) in [7, 11) is 0. The molecule has 0 unspecified atom stereocenters. The lowest BCUT2D eigenvalue weighted by molar-refractivity contribution is -0.131. The van der Waals surface area contributed by atoms with E-state index >= 15 is 0 Å². The van der Waals surface area contributed by atoms with Crippen LogP contribution >= 0.6 is 11.6 Å². The molecule has 5 heteroatoms. The molecule has 4 nitrogen and oxygen atoms in total. The Bertz CT molecular complexity index is 768. The van der Waals surface area contributed by atoms with E-state index in [0.717, 1.165) is 37.7 Å². The van der Waals surface area contributed by atoms with Crippen molar-refractivity contribution in [1.82, 2.24) is 10.2 Å². The van der Waals surface area contributed by atoms with Gasteiger partial charge in [-0.1, -0.05) is 35.9 Å². The average molecular weight is 386 g/mol. The van der Waals surface area contributed by atoms with Crippen LogP contribution in [0.25, 0.3) is 0 Å². The number of nitrogens with one attached hydrogen (secondary N) is 1. The third-order valence-electron chi connectivity index (χ3n) is 5.31. The van der Waals surface area contributed by atoms with Gasteiger partial charge in [0.05, 0.1) is 0 Å². The highest BCUT2D eigenvalue weighted by atomic mass is 35.5. The molecule has 144 valence electrons. The van der Waals surface area contributed by atoms with Crippen molar-refractivity contribution < 1.29 is 4.79 Å². The van der Waals surface area contributed by atoms with Crippen LogP contribution in [0, 0.1) is 13.8 Å². The monoisotopic (exact) mass is 385 g/mol. The number of hydrogen-bond donors (Lipinski definition) is 1. The molecule has 27 heavy (non-hydrogen) atoms. The minimum atomic E-state index is 0.235. The number of piperazine rings is 1. The number of anilines is 1. The van der Waals surface area contributed by atoms with E-state index in [0.29, 0.717) is 13.0 Å². The molecule has 2 aromatic rings. The summed E-state index contributed by atoms with van der Waals surface area (Å²) in [4.78, 5) is 16.9. The number of rotatable bonds is 6. The molecule has 1 fully saturated rings. The average Bonchev–Trinajstić information content (AvgIpc) is 2.69. The Morgan fingerprint density at radius 3 is 2.44 bits per heavy atom. The second kappa shape index (κ2) is 9.25. The molecule has 1 saturated heterocycles. The van der Waals surface area contributed by atoms with Crippen LogP contribution in [0.3, 0.4) is 0 Å². The van der Waals surface area contributed by atoms with Crippen molar-refractivity contribution in [2.75, 3.05) is 37.6 Å². The number of halogens is 1. The highest BCUT2D eigenvalue weighted by Crippen LogP contribution is 2.23. The fraction of sp³-hybridized carbons (Fsp3) is 0.409.